The Morgan fingerprint density at radius 1 is 0.833 bits per heavy atom. The van der Waals surface area contributed by atoms with Crippen molar-refractivity contribution in [3.63, 3.8) is 0 Å². The van der Waals surface area contributed by atoms with Gasteiger partial charge in [0.25, 0.3) is 0 Å². The number of unbranched alkanes of at least 4 members (excludes halogenated alkanes) is 1. The van der Waals surface area contributed by atoms with Gasteiger partial charge >= 0.3 is 0 Å². The van der Waals surface area contributed by atoms with E-state index in [4.69, 9.17) is 18.9 Å². The molecule has 0 aliphatic carbocycles. The number of amides is 1. The lowest BCUT2D eigenvalue weighted by atomic mass is 10.1. The zero-order chi connectivity index (χ0) is 17.9. The molecule has 6 heteroatoms. The van der Waals surface area contributed by atoms with E-state index in [0.717, 1.165) is 32.5 Å². The summed E-state index contributed by atoms with van der Waals surface area (Å²) in [5.74, 6) is 0.665. The summed E-state index contributed by atoms with van der Waals surface area (Å²) in [6.07, 6.45) is 3.63. The molecule has 0 aromatic rings. The van der Waals surface area contributed by atoms with Gasteiger partial charge in [0.2, 0.25) is 5.91 Å². The number of ether oxygens (including phenoxy) is 4. The smallest absolute Gasteiger partial charge is 0.222 e. The average molecular weight is 347 g/mol. The maximum Gasteiger partial charge on any atom is 0.222 e. The van der Waals surface area contributed by atoms with Crippen LogP contribution in [0.3, 0.4) is 0 Å². The standard InChI is InChI=1S/C18H37NO5/c1-4-5-9-21-12-8-19-18(20)7-11-23-14-16-24-15-13-22-10-6-17(2)3/h17H,4-16H2,1-3H3,(H,19,20). The Labute approximate surface area is 147 Å². The molecule has 0 saturated heterocycles. The Morgan fingerprint density at radius 3 is 2.04 bits per heavy atom. The molecule has 0 fully saturated rings. The molecule has 0 aromatic heterocycles. The van der Waals surface area contributed by atoms with Crippen molar-refractivity contribution in [3.8, 4) is 0 Å². The maximum absolute atomic E-state index is 11.5. The fraction of sp³-hybridized carbons (Fsp3) is 0.944. The van der Waals surface area contributed by atoms with Crippen molar-refractivity contribution < 1.29 is 23.7 Å². The van der Waals surface area contributed by atoms with E-state index in [1.54, 1.807) is 0 Å². The van der Waals surface area contributed by atoms with Gasteiger partial charge in [-0.05, 0) is 18.8 Å². The van der Waals surface area contributed by atoms with Crippen LogP contribution >= 0.6 is 0 Å². The monoisotopic (exact) mass is 347 g/mol. The number of carbonyl (C=O) groups excluding carboxylic acids is 1. The summed E-state index contributed by atoms with van der Waals surface area (Å²) in [7, 11) is 0. The van der Waals surface area contributed by atoms with Gasteiger partial charge in [-0.3, -0.25) is 4.79 Å². The quantitative estimate of drug-likeness (QED) is 0.386. The SMILES string of the molecule is CCCCOCCNC(=O)CCOCCOCCOCCC(C)C. The maximum atomic E-state index is 11.5. The highest BCUT2D eigenvalue weighted by molar-refractivity contribution is 5.75. The fourth-order valence-electron chi connectivity index (χ4n) is 1.73. The minimum absolute atomic E-state index is 0.00596. The fourth-order valence-corrected chi connectivity index (χ4v) is 1.73. The molecular weight excluding hydrogens is 310 g/mol. The minimum Gasteiger partial charge on any atom is -0.380 e. The molecule has 6 nitrogen and oxygen atoms in total. The van der Waals surface area contributed by atoms with Crippen LogP contribution in [0.5, 0.6) is 0 Å². The lowest BCUT2D eigenvalue weighted by molar-refractivity contribution is -0.122. The Bertz CT molecular complexity index is 274. The average Bonchev–Trinajstić information content (AvgIpc) is 2.55. The molecule has 0 aromatic carbocycles. The number of rotatable bonds is 18. The van der Waals surface area contributed by atoms with E-state index >= 15 is 0 Å². The third kappa shape index (κ3) is 19.4. The molecule has 144 valence electrons. The van der Waals surface area contributed by atoms with E-state index in [1.807, 2.05) is 0 Å². The molecule has 1 amide bonds. The first kappa shape index (κ1) is 23.3. The van der Waals surface area contributed by atoms with E-state index in [9.17, 15) is 4.79 Å². The van der Waals surface area contributed by atoms with Crippen molar-refractivity contribution >= 4 is 5.91 Å². The Morgan fingerprint density at radius 2 is 1.42 bits per heavy atom. The van der Waals surface area contributed by atoms with E-state index in [-0.39, 0.29) is 5.91 Å². The van der Waals surface area contributed by atoms with E-state index in [1.165, 1.54) is 0 Å². The van der Waals surface area contributed by atoms with E-state index in [2.05, 4.69) is 26.1 Å². The normalized spacial score (nSPS) is 11.2. The van der Waals surface area contributed by atoms with Crippen molar-refractivity contribution in [2.75, 3.05) is 59.4 Å². The number of hydrogen-bond acceptors (Lipinski definition) is 5. The third-order valence-corrected chi connectivity index (χ3v) is 3.27. The third-order valence-electron chi connectivity index (χ3n) is 3.27. The van der Waals surface area contributed by atoms with Crippen molar-refractivity contribution in [2.24, 2.45) is 5.92 Å². The van der Waals surface area contributed by atoms with Gasteiger partial charge in [0.1, 0.15) is 0 Å². The largest absolute Gasteiger partial charge is 0.380 e. The molecule has 0 atom stereocenters. The molecule has 0 aliphatic rings. The van der Waals surface area contributed by atoms with Crippen molar-refractivity contribution in [3.05, 3.63) is 0 Å². The highest BCUT2D eigenvalue weighted by Gasteiger charge is 2.00. The first-order chi connectivity index (χ1) is 11.7. The summed E-state index contributed by atoms with van der Waals surface area (Å²) in [6.45, 7) is 11.8. The van der Waals surface area contributed by atoms with Crippen molar-refractivity contribution in [1.29, 1.82) is 0 Å². The van der Waals surface area contributed by atoms with Gasteiger partial charge in [0.15, 0.2) is 0 Å². The van der Waals surface area contributed by atoms with Gasteiger partial charge in [0, 0.05) is 26.2 Å². The number of nitrogens with one attached hydrogen (secondary N) is 1. The van der Waals surface area contributed by atoms with Crippen LogP contribution in [0.15, 0.2) is 0 Å². The Balaban J connectivity index is 3.14. The molecule has 0 radical (unpaired) electrons. The van der Waals surface area contributed by atoms with Crippen LogP contribution in [0.25, 0.3) is 0 Å². The summed E-state index contributed by atoms with van der Waals surface area (Å²) in [5.41, 5.74) is 0. The summed E-state index contributed by atoms with van der Waals surface area (Å²) >= 11 is 0. The lowest BCUT2D eigenvalue weighted by Crippen LogP contribution is -2.28. The van der Waals surface area contributed by atoms with Crippen LogP contribution in [-0.4, -0.2) is 65.3 Å². The topological polar surface area (TPSA) is 66.0 Å². The molecule has 0 bridgehead atoms. The summed E-state index contributed by atoms with van der Waals surface area (Å²) in [6, 6.07) is 0. The van der Waals surface area contributed by atoms with Crippen LogP contribution in [0.2, 0.25) is 0 Å². The van der Waals surface area contributed by atoms with Crippen LogP contribution in [0, 0.1) is 5.92 Å². The molecule has 0 aliphatic heterocycles. The van der Waals surface area contributed by atoms with Crippen LogP contribution < -0.4 is 5.32 Å². The van der Waals surface area contributed by atoms with Gasteiger partial charge in [0.05, 0.1) is 39.6 Å². The number of hydrogen-bond donors (Lipinski definition) is 1. The number of carbonyl (C=O) groups is 1. The summed E-state index contributed by atoms with van der Waals surface area (Å²) in [4.78, 5) is 11.5. The van der Waals surface area contributed by atoms with E-state index < -0.39 is 0 Å². The van der Waals surface area contributed by atoms with Crippen molar-refractivity contribution in [1.82, 2.24) is 5.32 Å². The molecule has 0 saturated carbocycles. The first-order valence-corrected chi connectivity index (χ1v) is 9.24. The van der Waals surface area contributed by atoms with E-state index in [0.29, 0.717) is 58.5 Å². The molecule has 24 heavy (non-hydrogen) atoms. The summed E-state index contributed by atoms with van der Waals surface area (Å²) < 4.78 is 21.6. The van der Waals surface area contributed by atoms with Gasteiger partial charge in [-0.1, -0.05) is 27.2 Å². The van der Waals surface area contributed by atoms with Crippen LogP contribution in [-0.2, 0) is 23.7 Å². The molecule has 0 unspecified atom stereocenters. The predicted octanol–water partition coefficient (Wildman–Crippen LogP) is 2.41. The second-order valence-corrected chi connectivity index (χ2v) is 6.09. The second-order valence-electron chi connectivity index (χ2n) is 6.09. The lowest BCUT2D eigenvalue weighted by Gasteiger charge is -2.08. The molecule has 0 heterocycles. The van der Waals surface area contributed by atoms with Crippen molar-refractivity contribution in [2.45, 2.75) is 46.5 Å². The Kier molecular flexibility index (Phi) is 18.1. The predicted molar refractivity (Wildman–Crippen MR) is 95.3 cm³/mol. The highest BCUT2D eigenvalue weighted by atomic mass is 16.5. The second kappa shape index (κ2) is 18.6. The van der Waals surface area contributed by atoms with Gasteiger partial charge in [-0.2, -0.15) is 0 Å². The zero-order valence-electron chi connectivity index (χ0n) is 15.8. The summed E-state index contributed by atoms with van der Waals surface area (Å²) in [5, 5.41) is 2.81. The molecule has 1 N–H and O–H groups in total. The molecular formula is C18H37NO5. The highest BCUT2D eigenvalue weighted by Crippen LogP contribution is 1.98. The van der Waals surface area contributed by atoms with Gasteiger partial charge in [-0.15, -0.1) is 0 Å². The van der Waals surface area contributed by atoms with Crippen LogP contribution in [0.1, 0.15) is 46.5 Å². The van der Waals surface area contributed by atoms with Gasteiger partial charge in [-0.25, -0.2) is 0 Å². The van der Waals surface area contributed by atoms with Gasteiger partial charge < -0.3 is 24.3 Å². The molecule has 0 spiro atoms. The Hall–Kier alpha value is -0.690. The first-order valence-electron chi connectivity index (χ1n) is 9.24. The minimum atomic E-state index is -0.00596. The molecule has 0 rings (SSSR count). The van der Waals surface area contributed by atoms with Crippen LogP contribution in [0.4, 0.5) is 0 Å². The zero-order valence-corrected chi connectivity index (χ0v) is 15.8.